The highest BCUT2D eigenvalue weighted by Gasteiger charge is 2.31. The highest BCUT2D eigenvalue weighted by Crippen LogP contribution is 2.25. The fourth-order valence-corrected chi connectivity index (χ4v) is 3.98. The van der Waals surface area contributed by atoms with Crippen molar-refractivity contribution in [3.8, 4) is 0 Å². The molecule has 0 aromatic carbocycles. The van der Waals surface area contributed by atoms with Crippen LogP contribution in [0, 0.1) is 18.8 Å². The van der Waals surface area contributed by atoms with E-state index in [4.69, 9.17) is 0 Å². The molecule has 0 radical (unpaired) electrons. The maximum Gasteiger partial charge on any atom is 0.225 e. The van der Waals surface area contributed by atoms with Gasteiger partial charge in [-0.3, -0.25) is 4.79 Å². The number of nitrogens with one attached hydrogen (secondary N) is 1. The maximum atomic E-state index is 12.9. The maximum absolute atomic E-state index is 12.9. The standard InChI is InChI=1S/C19H30N4O/c1-15-5-6-18(21-12-15)22-10-7-17(8-11-22)19(24)23-9-3-4-16(14-23)13-20-2/h5-6,12,16-17,20H,3-4,7-11,13-14H2,1-2H3/t16-/m1/s1. The number of hydrogen-bond acceptors (Lipinski definition) is 4. The summed E-state index contributed by atoms with van der Waals surface area (Å²) in [7, 11) is 2.00. The van der Waals surface area contributed by atoms with Crippen LogP contribution < -0.4 is 10.2 Å². The predicted molar refractivity (Wildman–Crippen MR) is 97.1 cm³/mol. The number of carbonyl (C=O) groups is 1. The van der Waals surface area contributed by atoms with Gasteiger partial charge in [0.15, 0.2) is 0 Å². The third-order valence-electron chi connectivity index (χ3n) is 5.39. The van der Waals surface area contributed by atoms with Crippen molar-refractivity contribution in [3.63, 3.8) is 0 Å². The van der Waals surface area contributed by atoms with Crippen molar-refractivity contribution in [1.82, 2.24) is 15.2 Å². The SMILES string of the molecule is CNC[C@H]1CCCN(C(=O)C2CCN(c3ccc(C)cn3)CC2)C1. The average Bonchev–Trinajstić information content (AvgIpc) is 2.62. The molecule has 24 heavy (non-hydrogen) atoms. The first-order valence-corrected chi connectivity index (χ1v) is 9.28. The summed E-state index contributed by atoms with van der Waals surface area (Å²) in [6.45, 7) is 6.81. The largest absolute Gasteiger partial charge is 0.357 e. The molecule has 2 saturated heterocycles. The van der Waals surface area contributed by atoms with Crippen molar-refractivity contribution >= 4 is 11.7 Å². The number of carbonyl (C=O) groups excluding carboxylic acids is 1. The normalized spacial score (nSPS) is 22.7. The molecular formula is C19H30N4O. The van der Waals surface area contributed by atoms with Gasteiger partial charge in [-0.25, -0.2) is 4.98 Å². The molecule has 1 N–H and O–H groups in total. The average molecular weight is 330 g/mol. The van der Waals surface area contributed by atoms with Crippen molar-refractivity contribution in [1.29, 1.82) is 0 Å². The molecule has 0 bridgehead atoms. The number of likely N-dealkylation sites (tertiary alicyclic amines) is 1. The molecule has 132 valence electrons. The summed E-state index contributed by atoms with van der Waals surface area (Å²) >= 11 is 0. The minimum Gasteiger partial charge on any atom is -0.357 e. The Balaban J connectivity index is 1.52. The van der Waals surface area contributed by atoms with Crippen LogP contribution in [0.2, 0.25) is 0 Å². The van der Waals surface area contributed by atoms with Crippen LogP contribution in [-0.4, -0.2) is 55.6 Å². The Morgan fingerprint density at radius 3 is 2.71 bits per heavy atom. The van der Waals surface area contributed by atoms with E-state index in [-0.39, 0.29) is 5.92 Å². The van der Waals surface area contributed by atoms with Gasteiger partial charge in [-0.15, -0.1) is 0 Å². The Morgan fingerprint density at radius 1 is 1.25 bits per heavy atom. The van der Waals surface area contributed by atoms with Crippen LogP contribution >= 0.6 is 0 Å². The predicted octanol–water partition coefficient (Wildman–Crippen LogP) is 2.06. The van der Waals surface area contributed by atoms with Crippen LogP contribution in [0.5, 0.6) is 0 Å². The summed E-state index contributed by atoms with van der Waals surface area (Å²) < 4.78 is 0. The second-order valence-corrected chi connectivity index (χ2v) is 7.31. The Morgan fingerprint density at radius 2 is 2.04 bits per heavy atom. The summed E-state index contributed by atoms with van der Waals surface area (Å²) in [5.74, 6) is 2.23. The first-order chi connectivity index (χ1) is 11.7. The van der Waals surface area contributed by atoms with Gasteiger partial charge < -0.3 is 15.1 Å². The molecule has 2 fully saturated rings. The first kappa shape index (κ1) is 17.2. The van der Waals surface area contributed by atoms with Crippen LogP contribution in [-0.2, 0) is 4.79 Å². The van der Waals surface area contributed by atoms with Crippen molar-refractivity contribution in [2.75, 3.05) is 44.7 Å². The molecule has 1 aromatic rings. The molecule has 3 heterocycles. The van der Waals surface area contributed by atoms with Crippen molar-refractivity contribution in [2.24, 2.45) is 11.8 Å². The molecule has 2 aliphatic rings. The number of amides is 1. The van der Waals surface area contributed by atoms with E-state index in [1.807, 2.05) is 13.2 Å². The van der Waals surface area contributed by atoms with Gasteiger partial charge in [0.25, 0.3) is 0 Å². The smallest absolute Gasteiger partial charge is 0.225 e. The van der Waals surface area contributed by atoms with Gasteiger partial charge in [0.2, 0.25) is 5.91 Å². The summed E-state index contributed by atoms with van der Waals surface area (Å²) in [5.41, 5.74) is 1.19. The molecule has 0 unspecified atom stereocenters. The molecule has 1 atom stereocenters. The van der Waals surface area contributed by atoms with E-state index in [0.29, 0.717) is 11.8 Å². The molecule has 3 rings (SSSR count). The number of nitrogens with zero attached hydrogens (tertiary/aromatic N) is 3. The third-order valence-corrected chi connectivity index (χ3v) is 5.39. The van der Waals surface area contributed by atoms with Gasteiger partial charge in [0, 0.05) is 38.3 Å². The topological polar surface area (TPSA) is 48.5 Å². The van der Waals surface area contributed by atoms with Gasteiger partial charge in [0.1, 0.15) is 5.82 Å². The highest BCUT2D eigenvalue weighted by molar-refractivity contribution is 5.79. The lowest BCUT2D eigenvalue weighted by Gasteiger charge is -2.38. The van der Waals surface area contributed by atoms with Crippen molar-refractivity contribution in [2.45, 2.75) is 32.6 Å². The Kier molecular flexibility index (Phi) is 5.72. The zero-order chi connectivity index (χ0) is 16.9. The number of aryl methyl sites for hydroxylation is 1. The van der Waals surface area contributed by atoms with Crippen LogP contribution in [0.1, 0.15) is 31.2 Å². The number of pyridine rings is 1. The summed E-state index contributed by atoms with van der Waals surface area (Å²) in [6.07, 6.45) is 6.19. The van der Waals surface area contributed by atoms with Gasteiger partial charge in [0.05, 0.1) is 0 Å². The third kappa shape index (κ3) is 4.07. The number of aromatic nitrogens is 1. The molecule has 0 spiro atoms. The fraction of sp³-hybridized carbons (Fsp3) is 0.684. The van der Waals surface area contributed by atoms with E-state index < -0.39 is 0 Å². The lowest BCUT2D eigenvalue weighted by molar-refractivity contribution is -0.138. The van der Waals surface area contributed by atoms with Crippen LogP contribution in [0.3, 0.4) is 0 Å². The van der Waals surface area contributed by atoms with E-state index in [2.05, 4.69) is 39.2 Å². The minimum atomic E-state index is 0.194. The lowest BCUT2D eigenvalue weighted by atomic mass is 9.92. The van der Waals surface area contributed by atoms with Crippen LogP contribution in [0.15, 0.2) is 18.3 Å². The quantitative estimate of drug-likeness (QED) is 0.918. The molecule has 0 saturated carbocycles. The molecule has 2 aliphatic heterocycles. The number of piperidine rings is 2. The molecule has 0 aliphatic carbocycles. The Bertz CT molecular complexity index is 535. The Hall–Kier alpha value is -1.62. The zero-order valence-corrected chi connectivity index (χ0v) is 15.0. The second-order valence-electron chi connectivity index (χ2n) is 7.31. The number of rotatable bonds is 4. The summed E-state index contributed by atoms with van der Waals surface area (Å²) in [4.78, 5) is 21.8. The van der Waals surface area contributed by atoms with Gasteiger partial charge in [-0.1, -0.05) is 6.07 Å². The van der Waals surface area contributed by atoms with Crippen LogP contribution in [0.4, 0.5) is 5.82 Å². The van der Waals surface area contributed by atoms with Gasteiger partial charge in [-0.05, 0) is 63.7 Å². The molecule has 1 aromatic heterocycles. The minimum absolute atomic E-state index is 0.194. The van der Waals surface area contributed by atoms with Gasteiger partial charge in [-0.2, -0.15) is 0 Å². The van der Waals surface area contributed by atoms with E-state index in [9.17, 15) is 4.79 Å². The number of anilines is 1. The molecular weight excluding hydrogens is 300 g/mol. The fourth-order valence-electron chi connectivity index (χ4n) is 3.98. The Labute approximate surface area is 145 Å². The van der Waals surface area contributed by atoms with Crippen molar-refractivity contribution in [3.05, 3.63) is 23.9 Å². The van der Waals surface area contributed by atoms with Crippen molar-refractivity contribution < 1.29 is 4.79 Å². The van der Waals surface area contributed by atoms with Crippen LogP contribution in [0.25, 0.3) is 0 Å². The molecule has 1 amide bonds. The van der Waals surface area contributed by atoms with E-state index in [0.717, 1.165) is 57.8 Å². The monoisotopic (exact) mass is 330 g/mol. The van der Waals surface area contributed by atoms with E-state index in [1.54, 1.807) is 0 Å². The van der Waals surface area contributed by atoms with E-state index in [1.165, 1.54) is 12.0 Å². The first-order valence-electron chi connectivity index (χ1n) is 9.28. The van der Waals surface area contributed by atoms with E-state index >= 15 is 0 Å². The molecule has 5 heteroatoms. The summed E-state index contributed by atoms with van der Waals surface area (Å²) in [5, 5.41) is 3.25. The molecule has 5 nitrogen and oxygen atoms in total. The zero-order valence-electron chi connectivity index (χ0n) is 15.0. The number of hydrogen-bond donors (Lipinski definition) is 1. The second kappa shape index (κ2) is 7.97. The lowest BCUT2D eigenvalue weighted by Crippen LogP contribution is -2.47. The summed E-state index contributed by atoms with van der Waals surface area (Å²) in [6, 6.07) is 4.19. The highest BCUT2D eigenvalue weighted by atomic mass is 16.2. The van der Waals surface area contributed by atoms with Gasteiger partial charge >= 0.3 is 0 Å².